The van der Waals surface area contributed by atoms with Crippen molar-refractivity contribution >= 4 is 21.6 Å². The van der Waals surface area contributed by atoms with Crippen LogP contribution in [0.15, 0.2) is 23.1 Å². The highest BCUT2D eigenvalue weighted by Gasteiger charge is 2.29. The Bertz CT molecular complexity index is 522. The van der Waals surface area contributed by atoms with Gasteiger partial charge in [0.2, 0.25) is 10.0 Å². The van der Waals surface area contributed by atoms with Crippen LogP contribution in [0.4, 0.5) is 0 Å². The molecule has 1 unspecified atom stereocenters. The Morgan fingerprint density at radius 2 is 1.94 bits per heavy atom. The quantitative estimate of drug-likeness (QED) is 0.847. The molecular weight excluding hydrogens is 270 g/mol. The molecule has 0 saturated heterocycles. The summed E-state index contributed by atoms with van der Waals surface area (Å²) in [5, 5.41) is 0. The molecule has 18 heavy (non-hydrogen) atoms. The van der Waals surface area contributed by atoms with E-state index in [-0.39, 0.29) is 5.88 Å². The summed E-state index contributed by atoms with van der Waals surface area (Å²) in [6.45, 7) is 7.38. The van der Waals surface area contributed by atoms with Gasteiger partial charge in [0.1, 0.15) is 0 Å². The van der Waals surface area contributed by atoms with Gasteiger partial charge in [0.25, 0.3) is 0 Å². The van der Waals surface area contributed by atoms with Crippen LogP contribution in [0.2, 0.25) is 0 Å². The normalized spacial score (nSPS) is 15.4. The highest BCUT2D eigenvalue weighted by molar-refractivity contribution is 7.89. The molecule has 0 heterocycles. The van der Waals surface area contributed by atoms with Crippen molar-refractivity contribution in [2.45, 2.75) is 44.6 Å². The van der Waals surface area contributed by atoms with Crippen LogP contribution in [0.5, 0.6) is 0 Å². The fourth-order valence-electron chi connectivity index (χ4n) is 1.57. The zero-order valence-corrected chi connectivity index (χ0v) is 12.8. The number of hydrogen-bond donors (Lipinski definition) is 1. The number of rotatable bonds is 5. The number of hydrogen-bond acceptors (Lipinski definition) is 2. The monoisotopic (exact) mass is 289 g/mol. The lowest BCUT2D eigenvalue weighted by atomic mass is 10.0. The van der Waals surface area contributed by atoms with Crippen LogP contribution < -0.4 is 4.72 Å². The van der Waals surface area contributed by atoms with Gasteiger partial charge in [0, 0.05) is 11.4 Å². The highest BCUT2D eigenvalue weighted by atomic mass is 35.5. The molecule has 0 aliphatic carbocycles. The third-order valence-corrected chi connectivity index (χ3v) is 5.46. The zero-order chi connectivity index (χ0) is 14.0. The first-order valence-corrected chi connectivity index (χ1v) is 7.93. The summed E-state index contributed by atoms with van der Waals surface area (Å²) in [7, 11) is -3.53. The van der Waals surface area contributed by atoms with Crippen LogP contribution in [0, 0.1) is 13.8 Å². The van der Waals surface area contributed by atoms with E-state index in [0.29, 0.717) is 11.3 Å². The van der Waals surface area contributed by atoms with E-state index in [4.69, 9.17) is 11.6 Å². The molecule has 0 aliphatic rings. The van der Waals surface area contributed by atoms with Crippen molar-refractivity contribution in [3.05, 3.63) is 29.3 Å². The summed E-state index contributed by atoms with van der Waals surface area (Å²) in [6.07, 6.45) is 0.639. The lowest BCUT2D eigenvalue weighted by Gasteiger charge is -2.27. The van der Waals surface area contributed by atoms with Crippen molar-refractivity contribution in [1.29, 1.82) is 0 Å². The molecule has 102 valence electrons. The van der Waals surface area contributed by atoms with Gasteiger partial charge in [0.15, 0.2) is 0 Å². The van der Waals surface area contributed by atoms with E-state index in [1.54, 1.807) is 13.0 Å². The first-order chi connectivity index (χ1) is 8.24. The lowest BCUT2D eigenvalue weighted by Crippen LogP contribution is -2.47. The van der Waals surface area contributed by atoms with Crippen LogP contribution in [0.25, 0.3) is 0 Å². The van der Waals surface area contributed by atoms with Gasteiger partial charge >= 0.3 is 0 Å². The molecule has 0 aliphatic heterocycles. The Labute approximate surface area is 115 Å². The first-order valence-electron chi connectivity index (χ1n) is 5.91. The van der Waals surface area contributed by atoms with E-state index in [0.717, 1.165) is 11.1 Å². The number of nitrogens with one attached hydrogen (secondary N) is 1. The Balaban J connectivity index is 3.18. The van der Waals surface area contributed by atoms with E-state index in [1.165, 1.54) is 0 Å². The fourth-order valence-corrected chi connectivity index (χ4v) is 3.71. The van der Waals surface area contributed by atoms with E-state index in [2.05, 4.69) is 4.72 Å². The molecule has 1 atom stereocenters. The molecule has 5 heteroatoms. The lowest BCUT2D eigenvalue weighted by molar-refractivity contribution is 0.444. The number of alkyl halides is 1. The number of sulfonamides is 1. The third-order valence-electron chi connectivity index (χ3n) is 3.09. The van der Waals surface area contributed by atoms with Crippen molar-refractivity contribution in [3.63, 3.8) is 0 Å². The van der Waals surface area contributed by atoms with Crippen LogP contribution in [0.3, 0.4) is 0 Å². The predicted molar refractivity (Wildman–Crippen MR) is 75.7 cm³/mol. The van der Waals surface area contributed by atoms with Gasteiger partial charge in [-0.2, -0.15) is 0 Å². The first kappa shape index (κ1) is 15.5. The van der Waals surface area contributed by atoms with Crippen LogP contribution in [0.1, 0.15) is 31.4 Å². The molecule has 0 saturated carbocycles. The topological polar surface area (TPSA) is 46.2 Å². The second-order valence-electron chi connectivity index (χ2n) is 4.92. The summed E-state index contributed by atoms with van der Waals surface area (Å²) in [5.74, 6) is 0.244. The van der Waals surface area contributed by atoms with Crippen LogP contribution in [-0.4, -0.2) is 19.8 Å². The van der Waals surface area contributed by atoms with E-state index in [1.807, 2.05) is 32.9 Å². The third kappa shape index (κ3) is 3.46. The number of benzene rings is 1. The van der Waals surface area contributed by atoms with E-state index in [9.17, 15) is 8.42 Å². The minimum atomic E-state index is -3.53. The van der Waals surface area contributed by atoms with Gasteiger partial charge in [0.05, 0.1) is 4.90 Å². The molecule has 1 N–H and O–H groups in total. The number of halogens is 1. The average Bonchev–Trinajstić information content (AvgIpc) is 2.31. The Morgan fingerprint density at radius 3 is 2.44 bits per heavy atom. The summed E-state index contributed by atoms with van der Waals surface area (Å²) in [4.78, 5) is 0.326. The summed E-state index contributed by atoms with van der Waals surface area (Å²) in [6, 6.07) is 5.39. The van der Waals surface area contributed by atoms with Gasteiger partial charge in [-0.05, 0) is 44.4 Å². The van der Waals surface area contributed by atoms with Crippen molar-refractivity contribution in [2.75, 3.05) is 5.88 Å². The maximum Gasteiger partial charge on any atom is 0.241 e. The van der Waals surface area contributed by atoms with Crippen molar-refractivity contribution in [2.24, 2.45) is 0 Å². The highest BCUT2D eigenvalue weighted by Crippen LogP contribution is 2.21. The molecular formula is C13H20ClNO2S. The van der Waals surface area contributed by atoms with E-state index < -0.39 is 15.6 Å². The number of aryl methyl sites for hydroxylation is 2. The minimum absolute atomic E-state index is 0.244. The standard InChI is InChI=1S/C13H20ClNO2S/c1-5-13(4,9-14)15-18(16,17)12-8-10(2)6-7-11(12)3/h6-8,15H,5,9H2,1-4H3. The minimum Gasteiger partial charge on any atom is -0.207 e. The molecule has 1 aromatic rings. The largest absolute Gasteiger partial charge is 0.241 e. The molecule has 0 fully saturated rings. The van der Waals surface area contributed by atoms with Gasteiger partial charge in [-0.25, -0.2) is 13.1 Å². The average molecular weight is 290 g/mol. The fraction of sp³-hybridized carbons (Fsp3) is 0.538. The molecule has 3 nitrogen and oxygen atoms in total. The maximum atomic E-state index is 12.4. The predicted octanol–water partition coefficient (Wildman–Crippen LogP) is 2.99. The summed E-state index contributed by atoms with van der Waals surface area (Å²) >= 11 is 5.85. The summed E-state index contributed by atoms with van der Waals surface area (Å²) < 4.78 is 27.4. The van der Waals surface area contributed by atoms with Crippen molar-refractivity contribution < 1.29 is 8.42 Å². The molecule has 1 rings (SSSR count). The second-order valence-corrected chi connectivity index (χ2v) is 6.84. The molecule has 0 bridgehead atoms. The molecule has 1 aromatic carbocycles. The smallest absolute Gasteiger partial charge is 0.207 e. The molecule has 0 aromatic heterocycles. The zero-order valence-electron chi connectivity index (χ0n) is 11.2. The van der Waals surface area contributed by atoms with Gasteiger partial charge in [-0.3, -0.25) is 0 Å². The Hall–Kier alpha value is -0.580. The van der Waals surface area contributed by atoms with Crippen molar-refractivity contribution in [3.8, 4) is 0 Å². The van der Waals surface area contributed by atoms with Gasteiger partial charge in [-0.1, -0.05) is 19.1 Å². The molecule has 0 radical (unpaired) electrons. The molecule has 0 spiro atoms. The van der Waals surface area contributed by atoms with Gasteiger partial charge in [-0.15, -0.1) is 11.6 Å². The van der Waals surface area contributed by atoms with Gasteiger partial charge < -0.3 is 0 Å². The summed E-state index contributed by atoms with van der Waals surface area (Å²) in [5.41, 5.74) is 1.04. The van der Waals surface area contributed by atoms with Crippen LogP contribution >= 0.6 is 11.6 Å². The maximum absolute atomic E-state index is 12.4. The Kier molecular flexibility index (Phi) is 4.81. The van der Waals surface area contributed by atoms with E-state index >= 15 is 0 Å². The second kappa shape index (κ2) is 5.59. The Morgan fingerprint density at radius 1 is 1.33 bits per heavy atom. The SMILES string of the molecule is CCC(C)(CCl)NS(=O)(=O)c1cc(C)ccc1C. The van der Waals surface area contributed by atoms with Crippen molar-refractivity contribution in [1.82, 2.24) is 4.72 Å². The molecule has 0 amide bonds. The van der Waals surface area contributed by atoms with Crippen LogP contribution in [-0.2, 0) is 10.0 Å².